The van der Waals surface area contributed by atoms with Crippen molar-refractivity contribution in [3.63, 3.8) is 0 Å². The molecular formula is C18H19Cl2N3O. The van der Waals surface area contributed by atoms with E-state index < -0.39 is 0 Å². The fourth-order valence-corrected chi connectivity index (χ4v) is 3.37. The molecule has 2 N–H and O–H groups in total. The lowest BCUT2D eigenvalue weighted by Gasteiger charge is -2.27. The molecule has 6 heteroatoms. The fraction of sp³-hybridized carbons (Fsp3) is 0.278. The van der Waals surface area contributed by atoms with E-state index in [9.17, 15) is 0 Å². The summed E-state index contributed by atoms with van der Waals surface area (Å²) in [6, 6.07) is 11.5. The van der Waals surface area contributed by atoms with E-state index in [-0.39, 0.29) is 6.04 Å². The summed E-state index contributed by atoms with van der Waals surface area (Å²) >= 11 is 12.5. The van der Waals surface area contributed by atoms with Gasteiger partial charge in [0.2, 0.25) is 0 Å². The van der Waals surface area contributed by atoms with E-state index in [4.69, 9.17) is 38.7 Å². The number of likely N-dealkylation sites (N-methyl/N-ethyl adjacent to an activating group) is 1. The molecule has 1 atom stereocenters. The maximum Gasteiger partial charge on any atom is 0.120 e. The number of methoxy groups -OCH3 is 1. The van der Waals surface area contributed by atoms with Crippen molar-refractivity contribution in [2.24, 2.45) is 10.7 Å². The molecule has 0 fully saturated rings. The lowest BCUT2D eigenvalue weighted by atomic mass is 10.00. The molecule has 2 aromatic carbocycles. The second-order valence-corrected chi connectivity index (χ2v) is 6.54. The molecule has 0 spiro atoms. The maximum atomic E-state index is 6.42. The van der Waals surface area contributed by atoms with Gasteiger partial charge in [0.1, 0.15) is 5.75 Å². The quantitative estimate of drug-likeness (QED) is 0.905. The smallest absolute Gasteiger partial charge is 0.120 e. The van der Waals surface area contributed by atoms with Crippen molar-refractivity contribution in [2.45, 2.75) is 6.04 Å². The highest BCUT2D eigenvalue weighted by Crippen LogP contribution is 2.33. The van der Waals surface area contributed by atoms with Gasteiger partial charge in [-0.05, 0) is 30.3 Å². The maximum absolute atomic E-state index is 6.42. The van der Waals surface area contributed by atoms with Crippen LogP contribution in [0.2, 0.25) is 10.0 Å². The molecule has 0 aliphatic carbocycles. The number of nitrogens with two attached hydrogens (primary N) is 1. The SMILES string of the molecule is COc1ccc2c(c1)N(C)C(CN)CN=C2c1ccc(Cl)cc1Cl. The lowest BCUT2D eigenvalue weighted by molar-refractivity contribution is 0.414. The molecule has 0 amide bonds. The van der Waals surface area contributed by atoms with Crippen LogP contribution >= 0.6 is 23.2 Å². The number of nitrogens with zero attached hydrogens (tertiary/aromatic N) is 2. The van der Waals surface area contributed by atoms with E-state index >= 15 is 0 Å². The van der Waals surface area contributed by atoms with Crippen molar-refractivity contribution >= 4 is 34.6 Å². The van der Waals surface area contributed by atoms with E-state index in [0.717, 1.165) is 28.3 Å². The Hall–Kier alpha value is -1.75. The molecule has 1 aliphatic heterocycles. The Labute approximate surface area is 151 Å². The van der Waals surface area contributed by atoms with E-state index in [2.05, 4.69) is 4.90 Å². The van der Waals surface area contributed by atoms with Gasteiger partial charge in [-0.3, -0.25) is 4.99 Å². The average Bonchev–Trinajstić information content (AvgIpc) is 2.71. The summed E-state index contributed by atoms with van der Waals surface area (Å²) in [5, 5.41) is 1.18. The molecule has 126 valence electrons. The van der Waals surface area contributed by atoms with Gasteiger partial charge in [-0.25, -0.2) is 0 Å². The molecule has 4 nitrogen and oxygen atoms in total. The van der Waals surface area contributed by atoms with Crippen LogP contribution in [0.15, 0.2) is 41.4 Å². The predicted octanol–water partition coefficient (Wildman–Crippen LogP) is 3.62. The molecule has 0 radical (unpaired) electrons. The van der Waals surface area contributed by atoms with Crippen LogP contribution in [0.25, 0.3) is 0 Å². The zero-order valence-electron chi connectivity index (χ0n) is 13.6. The van der Waals surface area contributed by atoms with Crippen LogP contribution in [0, 0.1) is 0 Å². The van der Waals surface area contributed by atoms with Gasteiger partial charge < -0.3 is 15.4 Å². The highest BCUT2D eigenvalue weighted by Gasteiger charge is 2.25. The van der Waals surface area contributed by atoms with Crippen molar-refractivity contribution < 1.29 is 4.74 Å². The molecule has 0 saturated heterocycles. The number of rotatable bonds is 3. The molecule has 1 unspecified atom stereocenters. The van der Waals surface area contributed by atoms with Gasteiger partial charge in [0.25, 0.3) is 0 Å². The number of fused-ring (bicyclic) bond motifs is 1. The number of anilines is 1. The molecule has 0 aromatic heterocycles. The summed E-state index contributed by atoms with van der Waals surface area (Å²) in [6.45, 7) is 1.11. The minimum atomic E-state index is 0.111. The van der Waals surface area contributed by atoms with Gasteiger partial charge in [-0.2, -0.15) is 0 Å². The van der Waals surface area contributed by atoms with Crippen LogP contribution < -0.4 is 15.4 Å². The molecule has 1 heterocycles. The lowest BCUT2D eigenvalue weighted by Crippen LogP contribution is -2.39. The topological polar surface area (TPSA) is 50.9 Å². The first-order valence-corrected chi connectivity index (χ1v) is 8.42. The second kappa shape index (κ2) is 7.01. The molecule has 1 aliphatic rings. The molecule has 0 saturated carbocycles. The third-order valence-electron chi connectivity index (χ3n) is 4.31. The Balaban J connectivity index is 2.19. The number of hydrogen-bond acceptors (Lipinski definition) is 4. The number of halogens is 2. The molecule has 2 aromatic rings. The Morgan fingerprint density at radius 3 is 2.62 bits per heavy atom. The first-order valence-electron chi connectivity index (χ1n) is 7.66. The number of benzene rings is 2. The zero-order chi connectivity index (χ0) is 17.3. The van der Waals surface area contributed by atoms with Crippen molar-refractivity contribution in [3.8, 4) is 5.75 Å². The Morgan fingerprint density at radius 2 is 1.96 bits per heavy atom. The molecule has 3 rings (SSSR count). The van der Waals surface area contributed by atoms with E-state index in [1.807, 2.05) is 37.4 Å². The Kier molecular flexibility index (Phi) is 4.99. The minimum Gasteiger partial charge on any atom is -0.497 e. The van der Waals surface area contributed by atoms with E-state index in [0.29, 0.717) is 23.1 Å². The zero-order valence-corrected chi connectivity index (χ0v) is 15.1. The monoisotopic (exact) mass is 363 g/mol. The van der Waals surface area contributed by atoms with Crippen LogP contribution in [0.1, 0.15) is 11.1 Å². The number of benzodiazepines with no additional fused rings is 1. The largest absolute Gasteiger partial charge is 0.497 e. The second-order valence-electron chi connectivity index (χ2n) is 5.70. The predicted molar refractivity (Wildman–Crippen MR) is 101 cm³/mol. The molecule has 0 bridgehead atoms. The minimum absolute atomic E-state index is 0.111. The first-order chi connectivity index (χ1) is 11.5. The van der Waals surface area contributed by atoms with Crippen LogP contribution in [0.4, 0.5) is 5.69 Å². The average molecular weight is 364 g/mol. The summed E-state index contributed by atoms with van der Waals surface area (Å²) in [7, 11) is 3.68. The van der Waals surface area contributed by atoms with Gasteiger partial charge in [-0.15, -0.1) is 0 Å². The highest BCUT2D eigenvalue weighted by molar-refractivity contribution is 6.38. The molecular weight excluding hydrogens is 345 g/mol. The third-order valence-corrected chi connectivity index (χ3v) is 4.85. The fourth-order valence-electron chi connectivity index (χ4n) is 2.88. The van der Waals surface area contributed by atoms with Gasteiger partial charge in [0.15, 0.2) is 0 Å². The van der Waals surface area contributed by atoms with Gasteiger partial charge >= 0.3 is 0 Å². The number of ether oxygens (including phenoxy) is 1. The summed E-state index contributed by atoms with van der Waals surface area (Å²) in [4.78, 5) is 6.96. The van der Waals surface area contributed by atoms with Gasteiger partial charge in [-0.1, -0.05) is 23.2 Å². The van der Waals surface area contributed by atoms with E-state index in [1.54, 1.807) is 13.2 Å². The van der Waals surface area contributed by atoms with Crippen molar-refractivity contribution in [3.05, 3.63) is 57.6 Å². The van der Waals surface area contributed by atoms with Crippen molar-refractivity contribution in [1.29, 1.82) is 0 Å². The van der Waals surface area contributed by atoms with Gasteiger partial charge in [0, 0.05) is 41.5 Å². The van der Waals surface area contributed by atoms with Crippen LogP contribution in [0.5, 0.6) is 5.75 Å². The van der Waals surface area contributed by atoms with Crippen molar-refractivity contribution in [1.82, 2.24) is 0 Å². The van der Waals surface area contributed by atoms with Crippen LogP contribution in [-0.4, -0.2) is 39.0 Å². The normalized spacial score (nSPS) is 17.1. The summed E-state index contributed by atoms with van der Waals surface area (Å²) < 4.78 is 5.38. The Morgan fingerprint density at radius 1 is 1.21 bits per heavy atom. The summed E-state index contributed by atoms with van der Waals surface area (Å²) in [6.07, 6.45) is 0. The van der Waals surface area contributed by atoms with Crippen molar-refractivity contribution in [2.75, 3.05) is 32.1 Å². The third kappa shape index (κ3) is 3.09. The molecule has 24 heavy (non-hydrogen) atoms. The number of hydrogen-bond donors (Lipinski definition) is 1. The summed E-state index contributed by atoms with van der Waals surface area (Å²) in [5.74, 6) is 0.792. The Bertz CT molecular complexity index is 792. The summed E-state index contributed by atoms with van der Waals surface area (Å²) in [5.41, 5.74) is 9.66. The van der Waals surface area contributed by atoms with E-state index in [1.165, 1.54) is 0 Å². The van der Waals surface area contributed by atoms with Crippen LogP contribution in [0.3, 0.4) is 0 Å². The first kappa shape index (κ1) is 17.1. The van der Waals surface area contributed by atoms with Crippen LogP contribution in [-0.2, 0) is 0 Å². The van der Waals surface area contributed by atoms with Gasteiger partial charge in [0.05, 0.1) is 30.4 Å². The standard InChI is InChI=1S/C18H19Cl2N3O/c1-23-12(9-21)10-22-18(14-5-3-11(19)7-16(14)20)15-6-4-13(24-2)8-17(15)23/h3-8,12H,9-10,21H2,1-2H3. The number of aliphatic imine (C=N–C) groups is 1. The highest BCUT2D eigenvalue weighted by atomic mass is 35.5.